The topological polar surface area (TPSA) is 61.4 Å². The van der Waals surface area contributed by atoms with Gasteiger partial charge in [-0.1, -0.05) is 23.7 Å². The van der Waals surface area contributed by atoms with Gasteiger partial charge in [0.2, 0.25) is 0 Å². The maximum atomic E-state index is 12.0. The van der Waals surface area contributed by atoms with Crippen molar-refractivity contribution < 1.29 is 9.59 Å². The van der Waals surface area contributed by atoms with E-state index >= 15 is 0 Å². The largest absolute Gasteiger partial charge is 0.325 e. The van der Waals surface area contributed by atoms with E-state index in [-0.39, 0.29) is 18.0 Å². The molecule has 0 aromatic heterocycles. The van der Waals surface area contributed by atoms with Crippen LogP contribution in [0.1, 0.15) is 32.4 Å². The van der Waals surface area contributed by atoms with Crippen molar-refractivity contribution in [2.75, 3.05) is 13.1 Å². The molecule has 1 aromatic rings. The highest BCUT2D eigenvalue weighted by Gasteiger charge is 2.43. The average Bonchev–Trinajstić information content (AvgIpc) is 2.61. The first-order chi connectivity index (χ1) is 9.81. The Labute approximate surface area is 129 Å². The Morgan fingerprint density at radius 1 is 1.29 bits per heavy atom. The second-order valence-corrected chi connectivity index (χ2v) is 6.18. The number of nitrogens with zero attached hydrogens (tertiary/aromatic N) is 1. The first kappa shape index (κ1) is 15.8. The second kappa shape index (κ2) is 6.03. The lowest BCUT2D eigenvalue weighted by Gasteiger charge is -2.18. The Balaban J connectivity index is 1.86. The van der Waals surface area contributed by atoms with Crippen LogP contribution in [-0.2, 0) is 4.79 Å². The van der Waals surface area contributed by atoms with Gasteiger partial charge < -0.3 is 10.6 Å². The van der Waals surface area contributed by atoms with Crippen molar-refractivity contribution in [3.63, 3.8) is 0 Å². The summed E-state index contributed by atoms with van der Waals surface area (Å²) in [6.07, 6.45) is 0. The van der Waals surface area contributed by atoms with Crippen molar-refractivity contribution in [2.24, 2.45) is 0 Å². The predicted molar refractivity (Wildman–Crippen MR) is 82.2 cm³/mol. The molecule has 1 aliphatic heterocycles. The number of carbonyl (C=O) groups is 2. The zero-order valence-electron chi connectivity index (χ0n) is 12.4. The number of benzene rings is 1. The van der Waals surface area contributed by atoms with Crippen molar-refractivity contribution in [2.45, 2.75) is 32.4 Å². The number of urea groups is 1. The van der Waals surface area contributed by atoms with Crippen LogP contribution in [0.4, 0.5) is 4.79 Å². The lowest BCUT2D eigenvalue weighted by molar-refractivity contribution is -0.130. The van der Waals surface area contributed by atoms with Gasteiger partial charge in [0.1, 0.15) is 5.54 Å². The standard InChI is InChI=1S/C15H20ClN3O2/c1-10(11-4-6-12(16)7-5-11)17-8-9-19-13(20)15(2,3)18-14(19)21/h4-7,10,17H,8-9H2,1-3H3,(H,18,21)/t10-/m0/s1. The highest BCUT2D eigenvalue weighted by molar-refractivity contribution is 6.30. The van der Waals surface area contributed by atoms with E-state index in [1.54, 1.807) is 13.8 Å². The van der Waals surface area contributed by atoms with Gasteiger partial charge in [-0.05, 0) is 38.5 Å². The summed E-state index contributed by atoms with van der Waals surface area (Å²) >= 11 is 5.86. The summed E-state index contributed by atoms with van der Waals surface area (Å²) in [5, 5.41) is 6.66. The minimum atomic E-state index is -0.807. The van der Waals surface area contributed by atoms with Gasteiger partial charge >= 0.3 is 6.03 Å². The molecule has 1 fully saturated rings. The summed E-state index contributed by atoms with van der Waals surface area (Å²) in [7, 11) is 0. The summed E-state index contributed by atoms with van der Waals surface area (Å²) in [4.78, 5) is 25.0. The van der Waals surface area contributed by atoms with Crippen molar-refractivity contribution >= 4 is 23.5 Å². The monoisotopic (exact) mass is 309 g/mol. The highest BCUT2D eigenvalue weighted by Crippen LogP contribution is 2.17. The molecule has 114 valence electrons. The molecule has 2 N–H and O–H groups in total. The lowest BCUT2D eigenvalue weighted by Crippen LogP contribution is -2.41. The Morgan fingerprint density at radius 2 is 1.90 bits per heavy atom. The van der Waals surface area contributed by atoms with Gasteiger partial charge in [-0.15, -0.1) is 0 Å². The first-order valence-corrected chi connectivity index (χ1v) is 7.32. The first-order valence-electron chi connectivity index (χ1n) is 6.94. The molecule has 0 radical (unpaired) electrons. The Kier molecular flexibility index (Phi) is 4.54. The van der Waals surface area contributed by atoms with E-state index in [9.17, 15) is 9.59 Å². The third-order valence-corrected chi connectivity index (χ3v) is 3.85. The van der Waals surface area contributed by atoms with E-state index in [2.05, 4.69) is 10.6 Å². The quantitative estimate of drug-likeness (QED) is 0.821. The molecule has 0 bridgehead atoms. The van der Waals surface area contributed by atoms with Crippen LogP contribution >= 0.6 is 11.6 Å². The molecule has 21 heavy (non-hydrogen) atoms. The van der Waals surface area contributed by atoms with Crippen LogP contribution in [-0.4, -0.2) is 35.5 Å². The van der Waals surface area contributed by atoms with Crippen molar-refractivity contribution in [1.29, 1.82) is 0 Å². The fourth-order valence-corrected chi connectivity index (χ4v) is 2.41. The van der Waals surface area contributed by atoms with Crippen LogP contribution in [0.3, 0.4) is 0 Å². The number of rotatable bonds is 5. The molecule has 1 aromatic carbocycles. The molecule has 2 rings (SSSR count). The Hall–Kier alpha value is -1.59. The summed E-state index contributed by atoms with van der Waals surface area (Å²) in [5.74, 6) is -0.187. The zero-order chi connectivity index (χ0) is 15.6. The van der Waals surface area contributed by atoms with Gasteiger partial charge in [0.25, 0.3) is 5.91 Å². The molecular weight excluding hydrogens is 290 g/mol. The number of hydrogen-bond donors (Lipinski definition) is 2. The minimum Gasteiger partial charge on any atom is -0.324 e. The van der Waals surface area contributed by atoms with Crippen LogP contribution in [0.25, 0.3) is 0 Å². The van der Waals surface area contributed by atoms with E-state index in [0.29, 0.717) is 18.1 Å². The maximum Gasteiger partial charge on any atom is 0.325 e. The van der Waals surface area contributed by atoms with Crippen molar-refractivity contribution in [3.05, 3.63) is 34.9 Å². The number of carbonyl (C=O) groups excluding carboxylic acids is 2. The Morgan fingerprint density at radius 3 is 2.43 bits per heavy atom. The molecule has 1 heterocycles. The van der Waals surface area contributed by atoms with Crippen LogP contribution in [0, 0.1) is 0 Å². The lowest BCUT2D eigenvalue weighted by atomic mass is 10.1. The number of amides is 3. The van der Waals surface area contributed by atoms with E-state index in [4.69, 9.17) is 11.6 Å². The molecule has 6 heteroatoms. The van der Waals surface area contributed by atoms with E-state index < -0.39 is 5.54 Å². The molecule has 1 aliphatic rings. The van der Waals surface area contributed by atoms with Gasteiger partial charge in [-0.2, -0.15) is 0 Å². The fourth-order valence-electron chi connectivity index (χ4n) is 2.28. The van der Waals surface area contributed by atoms with Gasteiger partial charge in [-0.3, -0.25) is 9.69 Å². The summed E-state index contributed by atoms with van der Waals surface area (Å²) < 4.78 is 0. The predicted octanol–water partition coefficient (Wildman–Crippen LogP) is 2.32. The SMILES string of the molecule is C[C@H](NCCN1C(=O)NC(C)(C)C1=O)c1ccc(Cl)cc1. The van der Waals surface area contributed by atoms with Gasteiger partial charge in [0.15, 0.2) is 0 Å². The molecule has 0 unspecified atom stereocenters. The second-order valence-electron chi connectivity index (χ2n) is 5.74. The minimum absolute atomic E-state index is 0.121. The van der Waals surface area contributed by atoms with E-state index in [1.165, 1.54) is 4.90 Å². The van der Waals surface area contributed by atoms with E-state index in [1.807, 2.05) is 31.2 Å². The fraction of sp³-hybridized carbons (Fsp3) is 0.467. The molecule has 5 nitrogen and oxygen atoms in total. The maximum absolute atomic E-state index is 12.0. The van der Waals surface area contributed by atoms with Crippen LogP contribution in [0.2, 0.25) is 5.02 Å². The van der Waals surface area contributed by atoms with Crippen LogP contribution < -0.4 is 10.6 Å². The number of hydrogen-bond acceptors (Lipinski definition) is 3. The number of halogens is 1. The molecule has 0 spiro atoms. The normalized spacial score (nSPS) is 18.8. The summed E-state index contributed by atoms with van der Waals surface area (Å²) in [5.41, 5.74) is 0.302. The summed E-state index contributed by atoms with van der Waals surface area (Å²) in [6.45, 7) is 6.33. The third kappa shape index (κ3) is 3.54. The van der Waals surface area contributed by atoms with Crippen LogP contribution in [0.5, 0.6) is 0 Å². The van der Waals surface area contributed by atoms with Crippen LogP contribution in [0.15, 0.2) is 24.3 Å². The smallest absolute Gasteiger partial charge is 0.324 e. The molecule has 0 saturated carbocycles. The zero-order valence-corrected chi connectivity index (χ0v) is 13.2. The van der Waals surface area contributed by atoms with E-state index in [0.717, 1.165) is 5.56 Å². The molecule has 1 saturated heterocycles. The average molecular weight is 310 g/mol. The number of imide groups is 1. The number of nitrogens with one attached hydrogen (secondary N) is 2. The molecular formula is C15H20ClN3O2. The highest BCUT2D eigenvalue weighted by atomic mass is 35.5. The van der Waals surface area contributed by atoms with Crippen molar-refractivity contribution in [1.82, 2.24) is 15.5 Å². The van der Waals surface area contributed by atoms with Gasteiger partial charge in [0, 0.05) is 24.2 Å². The Bertz CT molecular complexity index is 542. The molecule has 3 amide bonds. The summed E-state index contributed by atoms with van der Waals surface area (Å²) in [6, 6.07) is 7.39. The third-order valence-electron chi connectivity index (χ3n) is 3.60. The molecule has 0 aliphatic carbocycles. The van der Waals surface area contributed by atoms with Gasteiger partial charge in [0.05, 0.1) is 0 Å². The van der Waals surface area contributed by atoms with Crippen molar-refractivity contribution in [3.8, 4) is 0 Å². The molecule has 1 atom stereocenters. The van der Waals surface area contributed by atoms with Gasteiger partial charge in [-0.25, -0.2) is 4.79 Å².